The molecule has 0 atom stereocenters. The Morgan fingerprint density at radius 2 is 1.90 bits per heavy atom. The first-order chi connectivity index (χ1) is 4.27. The molecule has 0 fully saturated rings. The van der Waals surface area contributed by atoms with Crippen LogP contribution in [-0.2, 0) is 4.79 Å². The largest absolute Gasteiger partial charge is 1.00 e. The van der Waals surface area contributed by atoms with Gasteiger partial charge in [0.15, 0.2) is 0 Å². The number of carbonyl (C=O) groups excluding carboxylic acids is 1. The number of hydrogen-bond donors (Lipinski definition) is 1. The maximum absolute atomic E-state index is 9.79. The van der Waals surface area contributed by atoms with Crippen LogP contribution < -0.4 is 74.0 Å². The Bertz CT molecular complexity index is 85.1. The minimum Gasteiger partial charge on any atom is -0.550 e. The second-order valence-corrected chi connectivity index (χ2v) is 1.91. The normalized spacial score (nSPS) is 8.50. The van der Waals surface area contributed by atoms with Gasteiger partial charge in [0.05, 0.1) is 0 Å². The molecule has 0 aliphatic heterocycles. The van der Waals surface area contributed by atoms with Crippen LogP contribution in [0.1, 0.15) is 25.7 Å². The molecule has 0 bridgehead atoms. The summed E-state index contributed by atoms with van der Waals surface area (Å²) in [7, 11) is 0. The van der Waals surface area contributed by atoms with Gasteiger partial charge >= 0.3 is 68.9 Å². The molecule has 0 aliphatic carbocycles. The molecule has 0 unspecified atom stereocenters. The van der Waals surface area contributed by atoms with E-state index in [0.717, 1.165) is 6.42 Å². The summed E-state index contributed by atoms with van der Waals surface area (Å²) in [5, 5.41) is 18.1. The fraction of sp³-hybridized carbons (Fsp3) is 0.833. The van der Waals surface area contributed by atoms with E-state index in [-0.39, 0.29) is 81.9 Å². The molecule has 0 saturated carbocycles. The number of aliphatic hydroxyl groups excluding tert-OH is 1. The standard InChI is InChI=1S/C6H12O3.Cs/c7-5-3-1-2-4-6(8)9;/h7H,1-5H2,(H,8,9);/q;+1/p-1. The zero-order valence-corrected chi connectivity index (χ0v) is 12.6. The molecule has 1 N–H and O–H groups in total. The second kappa shape index (κ2) is 10.5. The molecule has 0 aliphatic rings. The molecule has 0 aromatic carbocycles. The minimum atomic E-state index is -1.01. The Morgan fingerprint density at radius 3 is 2.30 bits per heavy atom. The Balaban J connectivity index is 0. The van der Waals surface area contributed by atoms with Crippen molar-refractivity contribution in [3.8, 4) is 0 Å². The smallest absolute Gasteiger partial charge is 0.550 e. The van der Waals surface area contributed by atoms with E-state index in [1.807, 2.05) is 0 Å². The zero-order chi connectivity index (χ0) is 7.11. The van der Waals surface area contributed by atoms with E-state index >= 15 is 0 Å². The monoisotopic (exact) mass is 264 g/mol. The first kappa shape index (κ1) is 14.0. The van der Waals surface area contributed by atoms with Gasteiger partial charge in [-0.3, -0.25) is 0 Å². The summed E-state index contributed by atoms with van der Waals surface area (Å²) >= 11 is 0. The number of rotatable bonds is 5. The summed E-state index contributed by atoms with van der Waals surface area (Å²) in [6.45, 7) is 0.146. The number of carbonyl (C=O) groups is 1. The summed E-state index contributed by atoms with van der Waals surface area (Å²) in [6.07, 6.45) is 2.18. The van der Waals surface area contributed by atoms with Crippen LogP contribution in [0.3, 0.4) is 0 Å². The third kappa shape index (κ3) is 12.2. The van der Waals surface area contributed by atoms with Crippen LogP contribution >= 0.6 is 0 Å². The van der Waals surface area contributed by atoms with Gasteiger partial charge in [0, 0.05) is 12.6 Å². The Morgan fingerprint density at radius 1 is 1.30 bits per heavy atom. The summed E-state index contributed by atoms with van der Waals surface area (Å²) < 4.78 is 0. The molecule has 0 aromatic rings. The molecule has 0 saturated heterocycles. The first-order valence-corrected chi connectivity index (χ1v) is 3.08. The van der Waals surface area contributed by atoms with E-state index in [4.69, 9.17) is 5.11 Å². The van der Waals surface area contributed by atoms with Gasteiger partial charge < -0.3 is 15.0 Å². The predicted molar refractivity (Wildman–Crippen MR) is 30.6 cm³/mol. The van der Waals surface area contributed by atoms with Gasteiger partial charge in [0.2, 0.25) is 0 Å². The molecular formula is C6H11CsO3. The molecule has 0 aromatic heterocycles. The molecule has 0 rings (SSSR count). The summed E-state index contributed by atoms with van der Waals surface area (Å²) in [5.74, 6) is -1.01. The average Bonchev–Trinajstić information content (AvgIpc) is 1.80. The molecule has 54 valence electrons. The molecule has 0 amide bonds. The van der Waals surface area contributed by atoms with Crippen LogP contribution in [0.15, 0.2) is 0 Å². The van der Waals surface area contributed by atoms with Gasteiger partial charge in [-0.2, -0.15) is 0 Å². The SMILES string of the molecule is O=C([O-])CCCCCO.[Cs+]. The fourth-order valence-corrected chi connectivity index (χ4v) is 0.558. The van der Waals surface area contributed by atoms with Gasteiger partial charge in [0.25, 0.3) is 0 Å². The van der Waals surface area contributed by atoms with Crippen molar-refractivity contribution in [1.29, 1.82) is 0 Å². The average molecular weight is 264 g/mol. The van der Waals surface area contributed by atoms with Crippen molar-refractivity contribution in [3.63, 3.8) is 0 Å². The van der Waals surface area contributed by atoms with E-state index in [9.17, 15) is 9.90 Å². The third-order valence-corrected chi connectivity index (χ3v) is 1.04. The molecular weight excluding hydrogens is 253 g/mol. The number of unbranched alkanes of at least 4 members (excludes halogenated alkanes) is 2. The van der Waals surface area contributed by atoms with Crippen molar-refractivity contribution in [2.45, 2.75) is 25.7 Å². The van der Waals surface area contributed by atoms with Gasteiger partial charge in [-0.25, -0.2) is 0 Å². The van der Waals surface area contributed by atoms with Gasteiger partial charge in [-0.05, 0) is 19.3 Å². The van der Waals surface area contributed by atoms with Crippen LogP contribution in [0.5, 0.6) is 0 Å². The molecule has 0 heterocycles. The van der Waals surface area contributed by atoms with Gasteiger partial charge in [-0.15, -0.1) is 0 Å². The maximum Gasteiger partial charge on any atom is 1.00 e. The maximum atomic E-state index is 9.79. The van der Waals surface area contributed by atoms with Crippen molar-refractivity contribution in [2.75, 3.05) is 6.61 Å². The van der Waals surface area contributed by atoms with Crippen LogP contribution in [0.25, 0.3) is 0 Å². The summed E-state index contributed by atoms with van der Waals surface area (Å²) in [6, 6.07) is 0. The van der Waals surface area contributed by atoms with E-state index in [0.29, 0.717) is 12.8 Å². The van der Waals surface area contributed by atoms with E-state index < -0.39 is 5.97 Å². The second-order valence-electron chi connectivity index (χ2n) is 1.91. The molecule has 0 radical (unpaired) electrons. The molecule has 10 heavy (non-hydrogen) atoms. The number of hydrogen-bond acceptors (Lipinski definition) is 3. The van der Waals surface area contributed by atoms with Crippen molar-refractivity contribution in [1.82, 2.24) is 0 Å². The zero-order valence-electron chi connectivity index (χ0n) is 6.30. The van der Waals surface area contributed by atoms with E-state index in [1.165, 1.54) is 0 Å². The quantitative estimate of drug-likeness (QED) is 0.520. The number of aliphatic hydroxyl groups is 1. The molecule has 0 spiro atoms. The van der Waals surface area contributed by atoms with E-state index in [2.05, 4.69) is 0 Å². The van der Waals surface area contributed by atoms with E-state index in [1.54, 1.807) is 0 Å². The van der Waals surface area contributed by atoms with Crippen LogP contribution in [0, 0.1) is 0 Å². The van der Waals surface area contributed by atoms with Gasteiger partial charge in [-0.1, -0.05) is 6.42 Å². The Labute approximate surface area is 120 Å². The number of carboxylic acids is 1. The summed E-state index contributed by atoms with van der Waals surface area (Å²) in [4.78, 5) is 9.79. The summed E-state index contributed by atoms with van der Waals surface area (Å²) in [5.41, 5.74) is 0. The van der Waals surface area contributed by atoms with Crippen LogP contribution in [0.2, 0.25) is 0 Å². The Hall–Kier alpha value is 1.48. The molecule has 3 nitrogen and oxygen atoms in total. The fourth-order valence-electron chi connectivity index (χ4n) is 0.558. The minimum absolute atomic E-state index is 0. The molecule has 4 heteroatoms. The van der Waals surface area contributed by atoms with Gasteiger partial charge in [0.1, 0.15) is 0 Å². The Kier molecular flexibility index (Phi) is 14.7. The van der Waals surface area contributed by atoms with Crippen molar-refractivity contribution in [3.05, 3.63) is 0 Å². The topological polar surface area (TPSA) is 60.4 Å². The number of carboxylic acid groups (broad SMARTS) is 1. The van der Waals surface area contributed by atoms with Crippen molar-refractivity contribution >= 4 is 5.97 Å². The van der Waals surface area contributed by atoms with Crippen molar-refractivity contribution < 1.29 is 83.9 Å². The third-order valence-electron chi connectivity index (χ3n) is 1.04. The predicted octanol–water partition coefficient (Wildman–Crippen LogP) is -3.71. The van der Waals surface area contributed by atoms with Crippen molar-refractivity contribution in [2.24, 2.45) is 0 Å². The first-order valence-electron chi connectivity index (χ1n) is 3.08. The number of aliphatic carboxylic acids is 1. The van der Waals surface area contributed by atoms with Crippen LogP contribution in [-0.4, -0.2) is 17.7 Å². The van der Waals surface area contributed by atoms with Crippen LogP contribution in [0.4, 0.5) is 0 Å².